The summed E-state index contributed by atoms with van der Waals surface area (Å²) < 4.78 is 15.0. The molecule has 9 heteroatoms. The fourth-order valence-corrected chi connectivity index (χ4v) is 5.29. The van der Waals surface area contributed by atoms with Crippen molar-refractivity contribution < 1.29 is 14.0 Å². The molecular formula is C30H24FN5O2S. The highest BCUT2D eigenvalue weighted by atomic mass is 32.2. The second kappa shape index (κ2) is 9.99. The highest BCUT2D eigenvalue weighted by Crippen LogP contribution is 2.47. The Morgan fingerprint density at radius 3 is 2.18 bits per heavy atom. The molecule has 0 bridgehead atoms. The number of pyridine rings is 1. The lowest BCUT2D eigenvalue weighted by atomic mass is 10.0. The lowest BCUT2D eigenvalue weighted by Crippen LogP contribution is -2.35. The Bertz CT molecular complexity index is 1700. The van der Waals surface area contributed by atoms with Crippen LogP contribution in [0.5, 0.6) is 0 Å². The number of nitrogens with zero attached hydrogens (tertiary/aromatic N) is 3. The normalized spacial score (nSPS) is 13.7. The topological polar surface area (TPSA) is 88.9 Å². The summed E-state index contributed by atoms with van der Waals surface area (Å²) in [6.07, 6.45) is 4.66. The Labute approximate surface area is 228 Å². The van der Waals surface area contributed by atoms with Gasteiger partial charge in [0.1, 0.15) is 11.2 Å². The van der Waals surface area contributed by atoms with Crippen LogP contribution in [0.2, 0.25) is 0 Å². The maximum atomic E-state index is 13.2. The van der Waals surface area contributed by atoms with Gasteiger partial charge in [0.2, 0.25) is 11.8 Å². The van der Waals surface area contributed by atoms with Gasteiger partial charge in [-0.25, -0.2) is 9.07 Å². The van der Waals surface area contributed by atoms with Crippen LogP contribution in [0.4, 0.5) is 15.8 Å². The van der Waals surface area contributed by atoms with Crippen molar-refractivity contribution in [2.24, 2.45) is 5.41 Å². The lowest BCUT2D eigenvalue weighted by Gasteiger charge is -2.16. The number of anilines is 2. The zero-order chi connectivity index (χ0) is 27.0. The third-order valence-corrected chi connectivity index (χ3v) is 7.82. The van der Waals surface area contributed by atoms with Gasteiger partial charge in [-0.2, -0.15) is 5.10 Å². The van der Waals surface area contributed by atoms with Gasteiger partial charge in [-0.3, -0.25) is 14.6 Å². The third-order valence-electron chi connectivity index (χ3n) is 6.73. The van der Waals surface area contributed by atoms with Gasteiger partial charge in [0.15, 0.2) is 0 Å². The van der Waals surface area contributed by atoms with Crippen LogP contribution in [-0.2, 0) is 9.59 Å². The zero-order valence-electron chi connectivity index (χ0n) is 21.0. The zero-order valence-corrected chi connectivity index (χ0v) is 21.8. The van der Waals surface area contributed by atoms with E-state index in [-0.39, 0.29) is 17.6 Å². The predicted octanol–water partition coefficient (Wildman–Crippen LogP) is 6.38. The van der Waals surface area contributed by atoms with Gasteiger partial charge >= 0.3 is 0 Å². The first kappa shape index (κ1) is 24.8. The summed E-state index contributed by atoms with van der Waals surface area (Å²) in [6.45, 7) is 1.96. The number of aryl methyl sites for hydroxylation is 1. The average molecular weight is 538 g/mol. The molecule has 39 heavy (non-hydrogen) atoms. The molecule has 1 aliphatic rings. The van der Waals surface area contributed by atoms with Gasteiger partial charge in [0, 0.05) is 38.9 Å². The van der Waals surface area contributed by atoms with E-state index in [0.29, 0.717) is 24.2 Å². The number of carbonyl (C=O) groups is 2. The molecule has 1 saturated carbocycles. The van der Waals surface area contributed by atoms with E-state index >= 15 is 0 Å². The Hall–Kier alpha value is -4.50. The molecule has 2 heterocycles. The number of fused-ring (bicyclic) bond motifs is 1. The number of amides is 2. The quantitative estimate of drug-likeness (QED) is 0.235. The maximum Gasteiger partial charge on any atom is 0.240 e. The molecule has 0 unspecified atom stereocenters. The molecule has 0 atom stereocenters. The average Bonchev–Trinajstić information content (AvgIpc) is 3.65. The summed E-state index contributed by atoms with van der Waals surface area (Å²) in [5.41, 5.74) is 2.74. The molecule has 2 aromatic heterocycles. The van der Waals surface area contributed by atoms with Gasteiger partial charge in [0.05, 0.1) is 16.9 Å². The van der Waals surface area contributed by atoms with Crippen LogP contribution in [0, 0.1) is 18.2 Å². The molecule has 194 valence electrons. The van der Waals surface area contributed by atoms with E-state index in [0.717, 1.165) is 32.1 Å². The smallest absolute Gasteiger partial charge is 0.240 e. The van der Waals surface area contributed by atoms with Gasteiger partial charge in [-0.05, 0) is 98.6 Å². The van der Waals surface area contributed by atoms with Crippen LogP contribution < -0.4 is 10.6 Å². The van der Waals surface area contributed by atoms with Crippen molar-refractivity contribution in [1.82, 2.24) is 14.8 Å². The summed E-state index contributed by atoms with van der Waals surface area (Å²) in [4.78, 5) is 32.4. The summed E-state index contributed by atoms with van der Waals surface area (Å²) in [7, 11) is 0. The molecule has 2 amide bonds. The molecular weight excluding hydrogens is 513 g/mol. The summed E-state index contributed by atoms with van der Waals surface area (Å²) in [5.74, 6) is -1.11. The van der Waals surface area contributed by atoms with Crippen molar-refractivity contribution in [1.29, 1.82) is 0 Å². The molecule has 1 fully saturated rings. The van der Waals surface area contributed by atoms with Gasteiger partial charge in [-0.1, -0.05) is 11.8 Å². The number of hydrogen-bond acceptors (Lipinski definition) is 5. The fraction of sp³-hybridized carbons (Fsp3) is 0.133. The van der Waals surface area contributed by atoms with E-state index in [1.807, 2.05) is 66.3 Å². The van der Waals surface area contributed by atoms with Crippen molar-refractivity contribution in [3.63, 3.8) is 0 Å². The van der Waals surface area contributed by atoms with E-state index in [9.17, 15) is 14.0 Å². The number of halogens is 1. The molecule has 0 aliphatic heterocycles. The Balaban J connectivity index is 1.13. The lowest BCUT2D eigenvalue weighted by molar-refractivity contribution is -0.131. The fourth-order valence-electron chi connectivity index (χ4n) is 4.35. The predicted molar refractivity (Wildman–Crippen MR) is 149 cm³/mol. The molecule has 6 rings (SSSR count). The van der Waals surface area contributed by atoms with Crippen LogP contribution >= 0.6 is 11.8 Å². The van der Waals surface area contributed by atoms with E-state index in [1.54, 1.807) is 18.0 Å². The second-order valence-corrected chi connectivity index (χ2v) is 10.7. The Kier molecular flexibility index (Phi) is 6.36. The van der Waals surface area contributed by atoms with E-state index in [1.165, 1.54) is 24.3 Å². The third kappa shape index (κ3) is 5.13. The monoisotopic (exact) mass is 537 g/mol. The minimum Gasteiger partial charge on any atom is -0.325 e. The standard InChI is InChI=1S/C30H24FN5O2S/c1-19-13-17-36(35-19)23-8-11-25-26(18-23)32-16-12-27(25)39-24-9-6-22(7-10-24)34-29(38)30(14-15-30)28(37)33-21-4-2-20(31)3-5-21/h2-13,16-18H,14-15H2,1H3,(H,33,37)(H,34,38). The molecule has 0 radical (unpaired) electrons. The summed E-state index contributed by atoms with van der Waals surface area (Å²) >= 11 is 1.61. The highest BCUT2D eigenvalue weighted by molar-refractivity contribution is 7.99. The molecule has 3 aromatic carbocycles. The van der Waals surface area contributed by atoms with E-state index < -0.39 is 5.41 Å². The highest BCUT2D eigenvalue weighted by Gasteiger charge is 2.56. The second-order valence-electron chi connectivity index (χ2n) is 9.54. The van der Waals surface area contributed by atoms with Crippen LogP contribution in [0.1, 0.15) is 18.5 Å². The van der Waals surface area contributed by atoms with Crippen molar-refractivity contribution in [2.45, 2.75) is 29.6 Å². The number of nitrogens with one attached hydrogen (secondary N) is 2. The van der Waals surface area contributed by atoms with Crippen LogP contribution in [-0.4, -0.2) is 26.6 Å². The number of aromatic nitrogens is 3. The number of hydrogen-bond donors (Lipinski definition) is 2. The molecule has 1 aliphatic carbocycles. The molecule has 2 N–H and O–H groups in total. The van der Waals surface area contributed by atoms with Gasteiger partial charge in [0.25, 0.3) is 0 Å². The molecule has 5 aromatic rings. The summed E-state index contributed by atoms with van der Waals surface area (Å²) in [5, 5.41) is 11.1. The van der Waals surface area contributed by atoms with Crippen LogP contribution in [0.15, 0.2) is 101 Å². The van der Waals surface area contributed by atoms with Gasteiger partial charge in [-0.15, -0.1) is 0 Å². The first-order chi connectivity index (χ1) is 18.9. The molecule has 0 spiro atoms. The number of rotatable bonds is 7. The van der Waals surface area contributed by atoms with Crippen molar-refractivity contribution in [3.05, 3.63) is 103 Å². The SMILES string of the molecule is Cc1ccn(-c2ccc3c(Sc4ccc(NC(=O)C5(C(=O)Nc6ccc(F)cc6)CC5)cc4)ccnc3c2)n1. The van der Waals surface area contributed by atoms with Crippen molar-refractivity contribution >= 4 is 45.9 Å². The Morgan fingerprint density at radius 2 is 1.56 bits per heavy atom. The first-order valence-electron chi connectivity index (χ1n) is 12.5. The first-order valence-corrected chi connectivity index (χ1v) is 13.3. The minimum absolute atomic E-state index is 0.342. The number of benzene rings is 3. The van der Waals surface area contributed by atoms with Gasteiger partial charge < -0.3 is 10.6 Å². The molecule has 7 nitrogen and oxygen atoms in total. The largest absolute Gasteiger partial charge is 0.325 e. The van der Waals surface area contributed by atoms with Crippen molar-refractivity contribution in [3.8, 4) is 5.69 Å². The Morgan fingerprint density at radius 1 is 0.897 bits per heavy atom. The van der Waals surface area contributed by atoms with Crippen molar-refractivity contribution in [2.75, 3.05) is 10.6 Å². The van der Waals surface area contributed by atoms with Crippen LogP contribution in [0.3, 0.4) is 0 Å². The molecule has 0 saturated heterocycles. The van der Waals surface area contributed by atoms with E-state index in [2.05, 4.69) is 26.8 Å². The summed E-state index contributed by atoms with van der Waals surface area (Å²) in [6, 6.07) is 23.1. The maximum absolute atomic E-state index is 13.2. The minimum atomic E-state index is -1.11. The number of carbonyl (C=O) groups excluding carboxylic acids is 2. The van der Waals surface area contributed by atoms with E-state index in [4.69, 9.17) is 0 Å². The van der Waals surface area contributed by atoms with Crippen LogP contribution in [0.25, 0.3) is 16.6 Å².